The van der Waals surface area contributed by atoms with Crippen molar-refractivity contribution in [2.24, 2.45) is 0 Å². The molecule has 3 aromatic rings. The molecule has 1 aromatic carbocycles. The van der Waals surface area contributed by atoms with Gasteiger partial charge in [-0.3, -0.25) is 4.40 Å². The number of pyridine rings is 1. The van der Waals surface area contributed by atoms with Crippen LogP contribution in [0.2, 0.25) is 5.02 Å². The topological polar surface area (TPSA) is 41.1 Å². The van der Waals surface area contributed by atoms with E-state index in [2.05, 4.69) is 11.1 Å². The van der Waals surface area contributed by atoms with Gasteiger partial charge in [-0.2, -0.15) is 5.26 Å². The van der Waals surface area contributed by atoms with Crippen LogP contribution in [-0.4, -0.2) is 9.38 Å². The maximum atomic E-state index is 9.11. The lowest BCUT2D eigenvalue weighted by Crippen LogP contribution is -1.88. The van der Waals surface area contributed by atoms with Gasteiger partial charge in [0.05, 0.1) is 10.5 Å². The molecule has 18 heavy (non-hydrogen) atoms. The fraction of sp³-hybridized carbons (Fsp3) is 0. The number of hydrogen-bond donors (Lipinski definition) is 0. The molecule has 3 nitrogen and oxygen atoms in total. The average molecular weight is 254 g/mol. The van der Waals surface area contributed by atoms with Crippen molar-refractivity contribution in [2.75, 3.05) is 0 Å². The quantitative estimate of drug-likeness (QED) is 0.666. The van der Waals surface area contributed by atoms with Crippen LogP contribution in [0.5, 0.6) is 0 Å². The SMILES string of the molecule is N#Cc1nc(-c2ccccc2)n2cc(Cl)ccc12. The van der Waals surface area contributed by atoms with Crippen LogP contribution in [0.3, 0.4) is 0 Å². The zero-order chi connectivity index (χ0) is 12.5. The molecule has 2 heterocycles. The molecule has 2 aromatic heterocycles. The fourth-order valence-corrected chi connectivity index (χ4v) is 2.09. The van der Waals surface area contributed by atoms with Crippen LogP contribution in [0.15, 0.2) is 48.7 Å². The molecule has 0 saturated heterocycles. The third kappa shape index (κ3) is 1.64. The molecule has 0 N–H and O–H groups in total. The number of nitrogens with zero attached hydrogens (tertiary/aromatic N) is 3. The summed E-state index contributed by atoms with van der Waals surface area (Å²) in [5.41, 5.74) is 2.13. The highest BCUT2D eigenvalue weighted by atomic mass is 35.5. The molecule has 0 radical (unpaired) electrons. The predicted molar refractivity (Wildman–Crippen MR) is 70.4 cm³/mol. The van der Waals surface area contributed by atoms with Gasteiger partial charge in [-0.25, -0.2) is 4.98 Å². The van der Waals surface area contributed by atoms with Gasteiger partial charge in [-0.1, -0.05) is 41.9 Å². The molecule has 86 valence electrons. The molecular weight excluding hydrogens is 246 g/mol. The molecular formula is C14H8ClN3. The first-order valence-corrected chi connectivity index (χ1v) is 5.80. The Bertz CT molecular complexity index is 754. The van der Waals surface area contributed by atoms with Crippen molar-refractivity contribution in [3.05, 3.63) is 59.4 Å². The Morgan fingerprint density at radius 1 is 1.11 bits per heavy atom. The largest absolute Gasteiger partial charge is 0.297 e. The molecule has 0 amide bonds. The molecule has 0 bridgehead atoms. The number of nitriles is 1. The number of imidazole rings is 1. The van der Waals surface area contributed by atoms with Crippen molar-refractivity contribution in [3.8, 4) is 17.5 Å². The first-order valence-electron chi connectivity index (χ1n) is 5.43. The first-order chi connectivity index (χ1) is 8.79. The number of hydrogen-bond acceptors (Lipinski definition) is 2. The van der Waals surface area contributed by atoms with Crippen molar-refractivity contribution in [1.29, 1.82) is 5.26 Å². The summed E-state index contributed by atoms with van der Waals surface area (Å²) in [7, 11) is 0. The van der Waals surface area contributed by atoms with E-state index in [1.165, 1.54) is 0 Å². The summed E-state index contributed by atoms with van der Waals surface area (Å²) in [4.78, 5) is 4.36. The Morgan fingerprint density at radius 2 is 1.89 bits per heavy atom. The molecule has 0 saturated carbocycles. The fourth-order valence-electron chi connectivity index (χ4n) is 1.93. The normalized spacial score (nSPS) is 10.4. The Labute approximate surface area is 109 Å². The summed E-state index contributed by atoms with van der Waals surface area (Å²) in [5, 5.41) is 9.72. The minimum absolute atomic E-state index is 0.408. The van der Waals surface area contributed by atoms with Crippen LogP contribution in [0.25, 0.3) is 16.9 Å². The number of fused-ring (bicyclic) bond motifs is 1. The minimum atomic E-state index is 0.408. The Hall–Kier alpha value is -2.31. The average Bonchev–Trinajstić information content (AvgIpc) is 2.77. The van der Waals surface area contributed by atoms with E-state index in [0.717, 1.165) is 16.9 Å². The van der Waals surface area contributed by atoms with Gasteiger partial charge >= 0.3 is 0 Å². The van der Waals surface area contributed by atoms with Gasteiger partial charge in [0, 0.05) is 11.8 Å². The summed E-state index contributed by atoms with van der Waals surface area (Å²) >= 11 is 6.00. The van der Waals surface area contributed by atoms with Crippen LogP contribution < -0.4 is 0 Å². The van der Waals surface area contributed by atoms with E-state index >= 15 is 0 Å². The van der Waals surface area contributed by atoms with Gasteiger partial charge < -0.3 is 0 Å². The van der Waals surface area contributed by atoms with E-state index in [1.54, 1.807) is 18.3 Å². The molecule has 0 spiro atoms. The van der Waals surface area contributed by atoms with E-state index in [-0.39, 0.29) is 0 Å². The Morgan fingerprint density at radius 3 is 2.61 bits per heavy atom. The van der Waals surface area contributed by atoms with Crippen LogP contribution >= 0.6 is 11.6 Å². The van der Waals surface area contributed by atoms with Gasteiger partial charge in [0.2, 0.25) is 0 Å². The van der Waals surface area contributed by atoms with Crippen molar-refractivity contribution in [1.82, 2.24) is 9.38 Å². The minimum Gasteiger partial charge on any atom is -0.297 e. The zero-order valence-electron chi connectivity index (χ0n) is 9.34. The van der Waals surface area contributed by atoms with Crippen LogP contribution in [-0.2, 0) is 0 Å². The number of aromatic nitrogens is 2. The van der Waals surface area contributed by atoms with Crippen LogP contribution in [0.1, 0.15) is 5.69 Å². The standard InChI is InChI=1S/C14H8ClN3/c15-11-6-7-13-12(8-16)17-14(18(13)9-11)10-4-2-1-3-5-10/h1-7,9H. The van der Waals surface area contributed by atoms with Gasteiger partial charge in [0.1, 0.15) is 11.9 Å². The van der Waals surface area contributed by atoms with Gasteiger partial charge in [0.15, 0.2) is 5.69 Å². The van der Waals surface area contributed by atoms with Crippen LogP contribution in [0, 0.1) is 11.3 Å². The predicted octanol–water partition coefficient (Wildman–Crippen LogP) is 3.53. The van der Waals surface area contributed by atoms with Gasteiger partial charge in [-0.05, 0) is 12.1 Å². The molecule has 0 aliphatic rings. The maximum Gasteiger partial charge on any atom is 0.166 e. The Balaban J connectivity index is 2.37. The number of halogens is 1. The van der Waals surface area contributed by atoms with Crippen molar-refractivity contribution >= 4 is 17.1 Å². The second kappa shape index (κ2) is 4.17. The van der Waals surface area contributed by atoms with Crippen LogP contribution in [0.4, 0.5) is 0 Å². The summed E-state index contributed by atoms with van der Waals surface area (Å²) in [6.07, 6.45) is 1.77. The van der Waals surface area contributed by atoms with Gasteiger partial charge in [0.25, 0.3) is 0 Å². The highest BCUT2D eigenvalue weighted by Crippen LogP contribution is 2.24. The van der Waals surface area contributed by atoms with E-state index in [4.69, 9.17) is 16.9 Å². The Kier molecular flexibility index (Phi) is 2.51. The third-order valence-electron chi connectivity index (χ3n) is 2.74. The van der Waals surface area contributed by atoms with E-state index in [1.807, 2.05) is 34.7 Å². The zero-order valence-corrected chi connectivity index (χ0v) is 10.1. The molecule has 0 fully saturated rings. The van der Waals surface area contributed by atoms with E-state index in [9.17, 15) is 0 Å². The lowest BCUT2D eigenvalue weighted by molar-refractivity contribution is 1.16. The first kappa shape index (κ1) is 10.8. The third-order valence-corrected chi connectivity index (χ3v) is 2.96. The highest BCUT2D eigenvalue weighted by molar-refractivity contribution is 6.30. The van der Waals surface area contributed by atoms with Crippen molar-refractivity contribution in [2.45, 2.75) is 0 Å². The smallest absolute Gasteiger partial charge is 0.166 e. The van der Waals surface area contributed by atoms with Crippen molar-refractivity contribution in [3.63, 3.8) is 0 Å². The molecule has 0 atom stereocenters. The van der Waals surface area contributed by atoms with Gasteiger partial charge in [-0.15, -0.1) is 0 Å². The lowest BCUT2D eigenvalue weighted by Gasteiger charge is -2.01. The monoisotopic (exact) mass is 253 g/mol. The molecule has 0 aliphatic heterocycles. The second-order valence-electron chi connectivity index (χ2n) is 3.86. The molecule has 3 rings (SSSR count). The molecule has 0 aliphatic carbocycles. The summed E-state index contributed by atoms with van der Waals surface area (Å²) in [6.45, 7) is 0. The maximum absolute atomic E-state index is 9.11. The summed E-state index contributed by atoms with van der Waals surface area (Å²) in [6, 6.07) is 15.4. The molecule has 4 heteroatoms. The summed E-state index contributed by atoms with van der Waals surface area (Å²) < 4.78 is 1.84. The highest BCUT2D eigenvalue weighted by Gasteiger charge is 2.12. The summed E-state index contributed by atoms with van der Waals surface area (Å²) in [5.74, 6) is 0.727. The number of benzene rings is 1. The second-order valence-corrected chi connectivity index (χ2v) is 4.30. The van der Waals surface area contributed by atoms with E-state index in [0.29, 0.717) is 10.7 Å². The lowest BCUT2D eigenvalue weighted by atomic mass is 10.2. The molecule has 0 unspecified atom stereocenters. The van der Waals surface area contributed by atoms with Crippen molar-refractivity contribution < 1.29 is 0 Å². The number of rotatable bonds is 1. The van der Waals surface area contributed by atoms with E-state index < -0.39 is 0 Å².